The molecular formula is C41H26N2S2. The third-order valence-corrected chi connectivity index (χ3v) is 12.0. The molecular weight excluding hydrogens is 585 g/mol. The molecule has 10 rings (SSSR count). The minimum absolute atomic E-state index is 0.0847. The molecule has 0 fully saturated rings. The van der Waals surface area contributed by atoms with Crippen LogP contribution in [0.5, 0.6) is 0 Å². The van der Waals surface area contributed by atoms with Crippen LogP contribution in [0, 0.1) is 0 Å². The Morgan fingerprint density at radius 1 is 0.533 bits per heavy atom. The average Bonchev–Trinajstić information content (AvgIpc) is 3.72. The Bertz CT molecular complexity index is 2680. The monoisotopic (exact) mass is 610 g/mol. The largest absolute Gasteiger partial charge is 0.228 e. The van der Waals surface area contributed by atoms with Crippen molar-refractivity contribution in [3.63, 3.8) is 0 Å². The second-order valence-electron chi connectivity index (χ2n) is 12.5. The highest BCUT2D eigenvalue weighted by atomic mass is 32.1. The summed E-state index contributed by atoms with van der Waals surface area (Å²) in [5, 5.41) is 6.30. The molecule has 0 saturated carbocycles. The van der Waals surface area contributed by atoms with Gasteiger partial charge in [0.1, 0.15) is 0 Å². The Hall–Kier alpha value is -4.90. The molecule has 45 heavy (non-hydrogen) atoms. The van der Waals surface area contributed by atoms with Crippen molar-refractivity contribution in [2.24, 2.45) is 0 Å². The van der Waals surface area contributed by atoms with Gasteiger partial charge in [0.15, 0.2) is 5.82 Å². The van der Waals surface area contributed by atoms with Crippen molar-refractivity contribution in [2.75, 3.05) is 0 Å². The van der Waals surface area contributed by atoms with Crippen molar-refractivity contribution in [2.45, 2.75) is 19.3 Å². The van der Waals surface area contributed by atoms with Gasteiger partial charge in [-0.2, -0.15) is 0 Å². The summed E-state index contributed by atoms with van der Waals surface area (Å²) in [6.07, 6.45) is 0. The quantitative estimate of drug-likeness (QED) is 0.195. The van der Waals surface area contributed by atoms with E-state index in [0.717, 1.165) is 33.5 Å². The Kier molecular flexibility index (Phi) is 5.13. The minimum Gasteiger partial charge on any atom is -0.228 e. The summed E-state index contributed by atoms with van der Waals surface area (Å²) in [4.78, 5) is 10.7. The Balaban J connectivity index is 1.26. The first-order valence-electron chi connectivity index (χ1n) is 15.3. The summed E-state index contributed by atoms with van der Waals surface area (Å²) in [6, 6.07) is 44.0. The van der Waals surface area contributed by atoms with Crippen LogP contribution in [0.2, 0.25) is 0 Å². The number of nitrogens with zero attached hydrogens (tertiary/aromatic N) is 2. The highest BCUT2D eigenvalue weighted by Gasteiger charge is 2.37. The Morgan fingerprint density at radius 2 is 1.27 bits per heavy atom. The third-order valence-electron chi connectivity index (χ3n) is 9.69. The average molecular weight is 611 g/mol. The van der Waals surface area contributed by atoms with E-state index in [2.05, 4.69) is 135 Å². The van der Waals surface area contributed by atoms with Crippen molar-refractivity contribution in [1.29, 1.82) is 0 Å². The van der Waals surface area contributed by atoms with E-state index in [1.165, 1.54) is 62.6 Å². The summed E-state index contributed by atoms with van der Waals surface area (Å²) >= 11 is 3.74. The van der Waals surface area contributed by atoms with Crippen molar-refractivity contribution in [1.82, 2.24) is 9.97 Å². The predicted octanol–water partition coefficient (Wildman–Crippen LogP) is 12.0. The lowest BCUT2D eigenvalue weighted by atomic mass is 9.82. The van der Waals surface area contributed by atoms with Gasteiger partial charge in [0.25, 0.3) is 0 Å². The van der Waals surface area contributed by atoms with Crippen LogP contribution in [0.1, 0.15) is 25.0 Å². The Morgan fingerprint density at radius 3 is 2.11 bits per heavy atom. The second kappa shape index (κ2) is 9.07. The lowest BCUT2D eigenvalue weighted by Crippen LogP contribution is -2.14. The summed E-state index contributed by atoms with van der Waals surface area (Å²) in [5.74, 6) is 0.762. The van der Waals surface area contributed by atoms with E-state index in [1.54, 1.807) is 0 Å². The van der Waals surface area contributed by atoms with Gasteiger partial charge >= 0.3 is 0 Å². The standard InChI is InChI=1S/C41H26N2S2/c1-41(2)29-18-16-24(22-28(29)35-30(41)19-17-26-25-12-6-8-14-32(25)45-39(26)35)40-42-31-20-21-34-36(27-13-7-9-15-33(27)44-34)37(31)38(43-40)23-10-4-3-5-11-23/h3-22H,1-2H3. The number of fused-ring (bicyclic) bond motifs is 12. The molecule has 6 aromatic carbocycles. The van der Waals surface area contributed by atoms with E-state index in [4.69, 9.17) is 9.97 Å². The van der Waals surface area contributed by atoms with Crippen molar-refractivity contribution < 1.29 is 0 Å². The predicted molar refractivity (Wildman–Crippen MR) is 194 cm³/mol. The van der Waals surface area contributed by atoms with E-state index in [0.29, 0.717) is 0 Å². The molecule has 0 unspecified atom stereocenters. The molecule has 0 N–H and O–H groups in total. The zero-order valence-electron chi connectivity index (χ0n) is 24.8. The van der Waals surface area contributed by atoms with Crippen molar-refractivity contribution in [3.05, 3.63) is 132 Å². The maximum atomic E-state index is 5.39. The van der Waals surface area contributed by atoms with Crippen LogP contribution >= 0.6 is 22.7 Å². The molecule has 0 saturated heterocycles. The maximum absolute atomic E-state index is 5.39. The zero-order valence-corrected chi connectivity index (χ0v) is 26.4. The Labute approximate surface area is 268 Å². The minimum atomic E-state index is -0.0847. The van der Waals surface area contributed by atoms with Crippen molar-refractivity contribution >= 4 is 73.9 Å². The molecule has 0 bridgehead atoms. The van der Waals surface area contributed by atoms with Crippen LogP contribution in [-0.4, -0.2) is 9.97 Å². The van der Waals surface area contributed by atoms with E-state index >= 15 is 0 Å². The molecule has 2 nitrogen and oxygen atoms in total. The summed E-state index contributed by atoms with van der Waals surface area (Å²) in [7, 11) is 0. The van der Waals surface area contributed by atoms with Gasteiger partial charge in [-0.25, -0.2) is 9.97 Å². The van der Waals surface area contributed by atoms with Gasteiger partial charge in [-0.3, -0.25) is 0 Å². The molecule has 4 heteroatoms. The molecule has 1 aliphatic carbocycles. The first-order valence-corrected chi connectivity index (χ1v) is 17.0. The van der Waals surface area contributed by atoms with E-state index in [9.17, 15) is 0 Å². The fraction of sp³-hybridized carbons (Fsp3) is 0.0732. The fourth-order valence-electron chi connectivity index (χ4n) is 7.53. The van der Waals surface area contributed by atoms with Gasteiger partial charge in [0, 0.05) is 67.8 Å². The highest BCUT2D eigenvalue weighted by Crippen LogP contribution is 2.54. The van der Waals surface area contributed by atoms with Gasteiger partial charge in [-0.15, -0.1) is 22.7 Å². The molecule has 212 valence electrons. The molecule has 1 aliphatic rings. The maximum Gasteiger partial charge on any atom is 0.160 e. The van der Waals surface area contributed by atoms with Crippen LogP contribution < -0.4 is 0 Å². The van der Waals surface area contributed by atoms with Gasteiger partial charge in [-0.05, 0) is 47.0 Å². The molecule has 3 heterocycles. The van der Waals surface area contributed by atoms with Crippen molar-refractivity contribution in [3.8, 4) is 33.8 Å². The fourth-order valence-corrected chi connectivity index (χ4v) is 9.91. The van der Waals surface area contributed by atoms with Gasteiger partial charge in [0.05, 0.1) is 11.2 Å². The first kappa shape index (κ1) is 25.4. The second-order valence-corrected chi connectivity index (χ2v) is 14.7. The number of rotatable bonds is 2. The lowest BCUT2D eigenvalue weighted by molar-refractivity contribution is 0.661. The zero-order chi connectivity index (χ0) is 29.9. The number of aromatic nitrogens is 2. The normalized spacial score (nSPS) is 13.7. The molecule has 0 atom stereocenters. The summed E-state index contributed by atoms with van der Waals surface area (Å²) in [5.41, 5.74) is 9.45. The smallest absolute Gasteiger partial charge is 0.160 e. The molecule has 0 spiro atoms. The van der Waals surface area contributed by atoms with E-state index in [1.807, 2.05) is 22.7 Å². The summed E-state index contributed by atoms with van der Waals surface area (Å²) in [6.45, 7) is 4.71. The van der Waals surface area contributed by atoms with Crippen LogP contribution in [-0.2, 0) is 5.41 Å². The van der Waals surface area contributed by atoms with E-state index < -0.39 is 0 Å². The van der Waals surface area contributed by atoms with Gasteiger partial charge < -0.3 is 0 Å². The third kappa shape index (κ3) is 3.49. The summed E-state index contributed by atoms with van der Waals surface area (Å²) < 4.78 is 5.26. The number of benzene rings is 6. The van der Waals surface area contributed by atoms with Crippen LogP contribution in [0.4, 0.5) is 0 Å². The van der Waals surface area contributed by atoms with Gasteiger partial charge in [0.2, 0.25) is 0 Å². The number of hydrogen-bond acceptors (Lipinski definition) is 4. The van der Waals surface area contributed by atoms with Gasteiger partial charge in [-0.1, -0.05) is 105 Å². The van der Waals surface area contributed by atoms with Crippen LogP contribution in [0.25, 0.3) is 85.0 Å². The van der Waals surface area contributed by atoms with Crippen LogP contribution in [0.15, 0.2) is 121 Å². The number of thiophene rings is 2. The molecule has 0 radical (unpaired) electrons. The first-order chi connectivity index (χ1) is 22.1. The molecule has 3 aromatic heterocycles. The SMILES string of the molecule is CC1(C)c2ccc(-c3nc(-c4ccccc4)c4c(ccc5sc6ccccc6c54)n3)cc2-c2c1ccc1c2sc2ccccc21. The number of hydrogen-bond donors (Lipinski definition) is 0. The highest BCUT2D eigenvalue weighted by molar-refractivity contribution is 7.26. The molecule has 0 aliphatic heterocycles. The molecule has 9 aromatic rings. The van der Waals surface area contributed by atoms with E-state index in [-0.39, 0.29) is 5.41 Å². The topological polar surface area (TPSA) is 25.8 Å². The molecule has 0 amide bonds. The lowest BCUT2D eigenvalue weighted by Gasteiger charge is -2.21. The van der Waals surface area contributed by atoms with Crippen LogP contribution in [0.3, 0.4) is 0 Å².